The van der Waals surface area contributed by atoms with Gasteiger partial charge in [-0.05, 0) is 75.7 Å². The molecule has 0 spiro atoms. The van der Waals surface area contributed by atoms with Crippen LogP contribution in [-0.2, 0) is 11.3 Å². The second-order valence-corrected chi connectivity index (χ2v) is 12.5. The number of anilines is 1. The van der Waals surface area contributed by atoms with Crippen LogP contribution < -0.4 is 5.32 Å². The minimum Gasteiger partial charge on any atom is -0.301 e. The maximum absolute atomic E-state index is 13.3. The number of likely N-dealkylation sites (tertiary alicyclic amines) is 1. The van der Waals surface area contributed by atoms with E-state index >= 15 is 0 Å². The zero-order valence-corrected chi connectivity index (χ0v) is 18.6. The molecule has 6 rings (SSSR count). The van der Waals surface area contributed by atoms with Crippen molar-refractivity contribution in [1.82, 2.24) is 9.88 Å². The molecule has 4 saturated carbocycles. The smallest absolute Gasteiger partial charge is 0.232 e. The van der Waals surface area contributed by atoms with Crippen molar-refractivity contribution in [1.29, 1.82) is 0 Å². The van der Waals surface area contributed by atoms with E-state index in [1.165, 1.54) is 45.2 Å². The lowest BCUT2D eigenvalue weighted by molar-refractivity contribution is -0.138. The summed E-state index contributed by atoms with van der Waals surface area (Å²) in [7, 11) is 0. The van der Waals surface area contributed by atoms with Gasteiger partial charge in [-0.15, -0.1) is 11.3 Å². The number of nitrogens with zero attached hydrogens (tertiary/aromatic N) is 2. The van der Waals surface area contributed by atoms with Crippen LogP contribution >= 0.6 is 27.3 Å². The summed E-state index contributed by atoms with van der Waals surface area (Å²) >= 11 is 5.60. The fourth-order valence-electron chi connectivity index (χ4n) is 6.74. The third-order valence-electron chi connectivity index (χ3n) is 7.37. The summed E-state index contributed by atoms with van der Waals surface area (Å²) < 4.78 is 0.216. The predicted octanol–water partition coefficient (Wildman–Crippen LogP) is 5.05. The summed E-state index contributed by atoms with van der Waals surface area (Å²) in [6.45, 7) is 5.58. The highest BCUT2D eigenvalue weighted by atomic mass is 79.9. The molecular formula is C21H30BrN3OS. The van der Waals surface area contributed by atoms with Crippen molar-refractivity contribution in [3.05, 3.63) is 11.1 Å². The molecule has 6 heteroatoms. The molecule has 1 amide bonds. The summed E-state index contributed by atoms with van der Waals surface area (Å²) in [5.74, 6) is 2.46. The number of amides is 1. The lowest BCUT2D eigenvalue weighted by Crippen LogP contribution is -2.57. The minimum absolute atomic E-state index is 0.165. The second kappa shape index (κ2) is 6.81. The number of hydrogen-bond acceptors (Lipinski definition) is 4. The summed E-state index contributed by atoms with van der Waals surface area (Å²) in [5.41, 5.74) is 0.939. The molecule has 1 aliphatic heterocycles. The maximum Gasteiger partial charge on any atom is 0.232 e. The SMILES string of the molecule is CC1CCCN(Cc2csc(NC(=O)C34CC5CC(CC(Br)(C5)C3)C4)n2)C1. The van der Waals surface area contributed by atoms with E-state index < -0.39 is 0 Å². The first kappa shape index (κ1) is 18.6. The van der Waals surface area contributed by atoms with Crippen molar-refractivity contribution in [2.75, 3.05) is 18.4 Å². The first-order chi connectivity index (χ1) is 12.9. The maximum atomic E-state index is 13.3. The van der Waals surface area contributed by atoms with Gasteiger partial charge in [0, 0.05) is 22.8 Å². The average Bonchev–Trinajstić information content (AvgIpc) is 2.99. The number of carbonyl (C=O) groups is 1. The van der Waals surface area contributed by atoms with Crippen molar-refractivity contribution in [3.8, 4) is 0 Å². The highest BCUT2D eigenvalue weighted by Gasteiger charge is 2.59. The molecule has 27 heavy (non-hydrogen) atoms. The predicted molar refractivity (Wildman–Crippen MR) is 113 cm³/mol. The van der Waals surface area contributed by atoms with Crippen molar-refractivity contribution in [3.63, 3.8) is 0 Å². The van der Waals surface area contributed by atoms with E-state index in [0.29, 0.717) is 0 Å². The quantitative estimate of drug-likeness (QED) is 0.651. The number of rotatable bonds is 4. The number of carbonyl (C=O) groups excluding carboxylic acids is 1. The Hall–Kier alpha value is -0.460. The van der Waals surface area contributed by atoms with Gasteiger partial charge in [-0.1, -0.05) is 22.9 Å². The van der Waals surface area contributed by atoms with Crippen molar-refractivity contribution in [2.24, 2.45) is 23.2 Å². The van der Waals surface area contributed by atoms with Crippen LogP contribution in [0.3, 0.4) is 0 Å². The van der Waals surface area contributed by atoms with Gasteiger partial charge < -0.3 is 5.32 Å². The molecule has 2 heterocycles. The largest absolute Gasteiger partial charge is 0.301 e. The van der Waals surface area contributed by atoms with Crippen molar-refractivity contribution < 1.29 is 4.79 Å². The molecule has 4 bridgehead atoms. The number of halogens is 1. The van der Waals surface area contributed by atoms with Crippen LogP contribution in [0, 0.1) is 23.2 Å². The number of thiazole rings is 1. The highest BCUT2D eigenvalue weighted by molar-refractivity contribution is 9.10. The van der Waals surface area contributed by atoms with Crippen molar-refractivity contribution in [2.45, 2.75) is 69.2 Å². The Kier molecular flexibility index (Phi) is 4.68. The normalized spacial score (nSPS) is 41.0. The first-order valence-electron chi connectivity index (χ1n) is 10.6. The molecule has 148 valence electrons. The van der Waals surface area contributed by atoms with E-state index in [1.54, 1.807) is 11.3 Å². The molecule has 0 aromatic carbocycles. The van der Waals surface area contributed by atoms with Gasteiger partial charge in [0.05, 0.1) is 11.1 Å². The van der Waals surface area contributed by atoms with E-state index in [4.69, 9.17) is 4.98 Å². The number of aromatic nitrogens is 1. The Morgan fingerprint density at radius 3 is 2.85 bits per heavy atom. The Morgan fingerprint density at radius 1 is 1.37 bits per heavy atom. The Labute approximate surface area is 174 Å². The van der Waals surface area contributed by atoms with Crippen LogP contribution in [0.2, 0.25) is 0 Å². The number of hydrogen-bond donors (Lipinski definition) is 1. The zero-order chi connectivity index (χ0) is 18.6. The summed E-state index contributed by atoms with van der Waals surface area (Å²) in [6, 6.07) is 0. The molecule has 0 radical (unpaired) electrons. The molecule has 4 aliphatic carbocycles. The van der Waals surface area contributed by atoms with E-state index in [9.17, 15) is 4.79 Å². The molecule has 1 N–H and O–H groups in total. The van der Waals surface area contributed by atoms with E-state index in [2.05, 4.69) is 38.5 Å². The molecule has 3 atom stereocenters. The number of nitrogens with one attached hydrogen (secondary N) is 1. The van der Waals surface area contributed by atoms with Gasteiger partial charge >= 0.3 is 0 Å². The van der Waals surface area contributed by atoms with E-state index in [-0.39, 0.29) is 15.6 Å². The number of alkyl halides is 1. The van der Waals surface area contributed by atoms with Gasteiger partial charge in [0.2, 0.25) is 5.91 Å². The fourth-order valence-corrected chi connectivity index (χ4v) is 8.89. The standard InChI is InChI=1S/C21H30BrN3OS/c1-14-3-2-4-25(10-14)11-17-12-27-19(23-17)24-18(26)20-6-15-5-16(7-20)9-21(22,8-15)13-20/h12,14-16H,2-11,13H2,1H3,(H,23,24,26). The van der Waals surface area contributed by atoms with Crippen LogP contribution in [0.1, 0.15) is 64.0 Å². The third-order valence-corrected chi connectivity index (χ3v) is 9.10. The fraction of sp³-hybridized carbons (Fsp3) is 0.810. The topological polar surface area (TPSA) is 45.2 Å². The highest BCUT2D eigenvalue weighted by Crippen LogP contribution is 2.64. The molecule has 1 aromatic rings. The van der Waals surface area contributed by atoms with Gasteiger partial charge in [0.15, 0.2) is 5.13 Å². The van der Waals surface area contributed by atoms with Crippen LogP contribution in [0.15, 0.2) is 5.38 Å². The summed E-state index contributed by atoms with van der Waals surface area (Å²) in [6.07, 6.45) is 9.63. The minimum atomic E-state index is -0.165. The molecule has 5 fully saturated rings. The van der Waals surface area contributed by atoms with Crippen LogP contribution in [0.5, 0.6) is 0 Å². The van der Waals surface area contributed by atoms with Crippen LogP contribution in [0.25, 0.3) is 0 Å². The molecular weight excluding hydrogens is 422 g/mol. The van der Waals surface area contributed by atoms with Gasteiger partial charge in [-0.3, -0.25) is 9.69 Å². The zero-order valence-electron chi connectivity index (χ0n) is 16.2. The van der Waals surface area contributed by atoms with Gasteiger partial charge in [-0.2, -0.15) is 0 Å². The molecule has 1 aromatic heterocycles. The summed E-state index contributed by atoms with van der Waals surface area (Å²) in [5, 5.41) is 6.13. The van der Waals surface area contributed by atoms with E-state index in [1.807, 2.05) is 0 Å². The molecule has 4 nitrogen and oxygen atoms in total. The Morgan fingerprint density at radius 2 is 2.15 bits per heavy atom. The van der Waals surface area contributed by atoms with Gasteiger partial charge in [0.1, 0.15) is 0 Å². The van der Waals surface area contributed by atoms with E-state index in [0.717, 1.165) is 54.4 Å². The lowest BCUT2D eigenvalue weighted by atomic mass is 9.49. The van der Waals surface area contributed by atoms with Crippen LogP contribution in [-0.4, -0.2) is 33.2 Å². The third kappa shape index (κ3) is 3.62. The van der Waals surface area contributed by atoms with Gasteiger partial charge in [0.25, 0.3) is 0 Å². The average molecular weight is 452 g/mol. The number of piperidine rings is 1. The van der Waals surface area contributed by atoms with Gasteiger partial charge in [-0.25, -0.2) is 4.98 Å². The first-order valence-corrected chi connectivity index (χ1v) is 12.3. The summed E-state index contributed by atoms with van der Waals surface area (Å²) in [4.78, 5) is 20.5. The Balaban J connectivity index is 1.25. The van der Waals surface area contributed by atoms with Crippen LogP contribution in [0.4, 0.5) is 5.13 Å². The van der Waals surface area contributed by atoms with Crippen molar-refractivity contribution >= 4 is 38.3 Å². The molecule has 1 saturated heterocycles. The second-order valence-electron chi connectivity index (χ2n) is 9.97. The molecule has 5 aliphatic rings. The molecule has 3 unspecified atom stereocenters. The monoisotopic (exact) mass is 451 g/mol. The lowest BCUT2D eigenvalue weighted by Gasteiger charge is -2.59. The Bertz CT molecular complexity index is 721.